The minimum Gasteiger partial charge on any atom is -0.497 e. The van der Waals surface area contributed by atoms with Crippen LogP contribution in [0.1, 0.15) is 36.6 Å². The Morgan fingerprint density at radius 1 is 1.15 bits per heavy atom. The van der Waals surface area contributed by atoms with Crippen molar-refractivity contribution in [3.8, 4) is 17.1 Å². The Morgan fingerprint density at radius 3 is 2.70 bits per heavy atom. The highest BCUT2D eigenvalue weighted by atomic mass is 16.5. The number of piperidine rings is 1. The third-order valence-corrected chi connectivity index (χ3v) is 6.43. The van der Waals surface area contributed by atoms with Crippen LogP contribution < -0.4 is 4.74 Å². The largest absolute Gasteiger partial charge is 0.497 e. The number of ether oxygens (including phenoxy) is 1. The van der Waals surface area contributed by atoms with E-state index in [9.17, 15) is 4.79 Å². The van der Waals surface area contributed by atoms with Crippen LogP contribution in [-0.4, -0.2) is 50.9 Å². The summed E-state index contributed by atoms with van der Waals surface area (Å²) in [6.07, 6.45) is 3.96. The van der Waals surface area contributed by atoms with Gasteiger partial charge in [-0.05, 0) is 55.7 Å². The van der Waals surface area contributed by atoms with E-state index in [2.05, 4.69) is 34.3 Å². The van der Waals surface area contributed by atoms with E-state index < -0.39 is 0 Å². The summed E-state index contributed by atoms with van der Waals surface area (Å²) in [5.41, 5.74) is 3.16. The van der Waals surface area contributed by atoms with Gasteiger partial charge in [0.1, 0.15) is 5.75 Å². The number of aryl methyl sites for hydroxylation is 2. The molecule has 1 saturated heterocycles. The molecule has 5 rings (SSSR count). The molecule has 1 aliphatic rings. The molecule has 2 aromatic carbocycles. The maximum atomic E-state index is 12.8. The third kappa shape index (κ3) is 4.33. The third-order valence-electron chi connectivity index (χ3n) is 6.43. The monoisotopic (exact) mass is 445 g/mol. The molecule has 2 aromatic heterocycles. The lowest BCUT2D eigenvalue weighted by atomic mass is 9.96. The summed E-state index contributed by atoms with van der Waals surface area (Å²) < 4.78 is 12.7. The number of amides is 1. The SMILES string of the molecule is COc1ccc(-c2noc(C3CCN(C(=O)CCn4ncc5c(C)cccc54)CC3)n2)cc1. The van der Waals surface area contributed by atoms with Crippen LogP contribution in [0.5, 0.6) is 5.75 Å². The molecule has 1 amide bonds. The van der Waals surface area contributed by atoms with Gasteiger partial charge in [0.25, 0.3) is 0 Å². The fourth-order valence-electron chi connectivity index (χ4n) is 4.42. The van der Waals surface area contributed by atoms with Crippen LogP contribution in [0.15, 0.2) is 53.2 Å². The van der Waals surface area contributed by atoms with Crippen molar-refractivity contribution < 1.29 is 14.1 Å². The Hall–Kier alpha value is -3.68. The van der Waals surface area contributed by atoms with Crippen molar-refractivity contribution in [1.29, 1.82) is 0 Å². The Bertz CT molecular complexity index is 1250. The quantitative estimate of drug-likeness (QED) is 0.442. The van der Waals surface area contributed by atoms with E-state index in [1.54, 1.807) is 7.11 Å². The van der Waals surface area contributed by atoms with E-state index in [4.69, 9.17) is 9.26 Å². The van der Waals surface area contributed by atoms with Gasteiger partial charge in [-0.3, -0.25) is 9.48 Å². The molecule has 0 atom stereocenters. The highest BCUT2D eigenvalue weighted by Crippen LogP contribution is 2.29. The molecule has 0 spiro atoms. The Labute approximate surface area is 192 Å². The molecular weight excluding hydrogens is 418 g/mol. The number of hydrogen-bond donors (Lipinski definition) is 0. The number of carbonyl (C=O) groups is 1. The number of rotatable bonds is 6. The first-order valence-corrected chi connectivity index (χ1v) is 11.3. The molecule has 0 bridgehead atoms. The van der Waals surface area contributed by atoms with Crippen LogP contribution >= 0.6 is 0 Å². The standard InChI is InChI=1S/C25H27N5O3/c1-17-4-3-5-22-21(17)16-26-30(22)15-12-23(31)29-13-10-19(11-14-29)25-27-24(28-33-25)18-6-8-20(32-2)9-7-18/h3-9,16,19H,10-15H2,1-2H3. The van der Waals surface area contributed by atoms with Gasteiger partial charge >= 0.3 is 0 Å². The van der Waals surface area contributed by atoms with Crippen LogP contribution in [0.25, 0.3) is 22.3 Å². The molecule has 0 saturated carbocycles. The second kappa shape index (κ2) is 9.05. The van der Waals surface area contributed by atoms with Crippen molar-refractivity contribution in [2.24, 2.45) is 0 Å². The number of likely N-dealkylation sites (tertiary alicyclic amines) is 1. The van der Waals surface area contributed by atoms with Gasteiger partial charge in [-0.2, -0.15) is 10.1 Å². The minimum absolute atomic E-state index is 0.161. The molecule has 4 aromatic rings. The fourth-order valence-corrected chi connectivity index (χ4v) is 4.42. The second-order valence-corrected chi connectivity index (χ2v) is 8.47. The van der Waals surface area contributed by atoms with E-state index >= 15 is 0 Å². The number of fused-ring (bicyclic) bond motifs is 1. The van der Waals surface area contributed by atoms with Gasteiger partial charge in [-0.25, -0.2) is 0 Å². The Morgan fingerprint density at radius 2 is 1.94 bits per heavy atom. The predicted octanol–water partition coefficient (Wildman–Crippen LogP) is 4.20. The molecule has 33 heavy (non-hydrogen) atoms. The first-order valence-electron chi connectivity index (χ1n) is 11.3. The molecule has 0 unspecified atom stereocenters. The molecule has 0 radical (unpaired) electrons. The van der Waals surface area contributed by atoms with Crippen molar-refractivity contribution in [2.45, 2.75) is 38.6 Å². The van der Waals surface area contributed by atoms with E-state index in [1.807, 2.05) is 46.1 Å². The van der Waals surface area contributed by atoms with Gasteiger partial charge in [-0.15, -0.1) is 0 Å². The van der Waals surface area contributed by atoms with Crippen LogP contribution in [0, 0.1) is 6.92 Å². The predicted molar refractivity (Wildman–Crippen MR) is 124 cm³/mol. The molecular formula is C25H27N5O3. The number of hydrogen-bond acceptors (Lipinski definition) is 6. The van der Waals surface area contributed by atoms with E-state index in [1.165, 1.54) is 5.56 Å². The molecule has 1 aliphatic heterocycles. The Balaban J connectivity index is 1.16. The summed E-state index contributed by atoms with van der Waals surface area (Å²) >= 11 is 0. The zero-order valence-electron chi connectivity index (χ0n) is 18.9. The summed E-state index contributed by atoms with van der Waals surface area (Å²) in [5.74, 6) is 2.34. The van der Waals surface area contributed by atoms with Crippen molar-refractivity contribution in [3.63, 3.8) is 0 Å². The normalized spacial score (nSPS) is 14.7. The maximum Gasteiger partial charge on any atom is 0.230 e. The van der Waals surface area contributed by atoms with E-state index in [0.717, 1.165) is 35.1 Å². The molecule has 3 heterocycles. The van der Waals surface area contributed by atoms with Gasteiger partial charge in [0.2, 0.25) is 17.6 Å². The van der Waals surface area contributed by atoms with Gasteiger partial charge in [0, 0.05) is 36.4 Å². The van der Waals surface area contributed by atoms with Crippen LogP contribution in [0.3, 0.4) is 0 Å². The minimum atomic E-state index is 0.161. The molecule has 8 heteroatoms. The zero-order valence-corrected chi connectivity index (χ0v) is 18.9. The molecule has 1 fully saturated rings. The summed E-state index contributed by atoms with van der Waals surface area (Å²) in [6, 6.07) is 13.7. The average Bonchev–Trinajstić information content (AvgIpc) is 3.51. The average molecular weight is 446 g/mol. The lowest BCUT2D eigenvalue weighted by Gasteiger charge is -2.30. The molecule has 0 aliphatic carbocycles. The first kappa shape index (κ1) is 21.2. The smallest absolute Gasteiger partial charge is 0.230 e. The number of carbonyl (C=O) groups excluding carboxylic acids is 1. The number of aromatic nitrogens is 4. The fraction of sp³-hybridized carbons (Fsp3) is 0.360. The molecule has 0 N–H and O–H groups in total. The Kier molecular flexibility index (Phi) is 5.81. The lowest BCUT2D eigenvalue weighted by Crippen LogP contribution is -2.38. The zero-order chi connectivity index (χ0) is 22.8. The van der Waals surface area contributed by atoms with Crippen molar-refractivity contribution in [2.75, 3.05) is 20.2 Å². The number of benzene rings is 2. The van der Waals surface area contributed by atoms with E-state index in [0.29, 0.717) is 37.8 Å². The lowest BCUT2D eigenvalue weighted by molar-refractivity contribution is -0.132. The van der Waals surface area contributed by atoms with Gasteiger partial charge in [-0.1, -0.05) is 17.3 Å². The molecule has 170 valence electrons. The van der Waals surface area contributed by atoms with Gasteiger partial charge in [0.15, 0.2) is 0 Å². The maximum absolute atomic E-state index is 12.8. The second-order valence-electron chi connectivity index (χ2n) is 8.47. The topological polar surface area (TPSA) is 86.3 Å². The van der Waals surface area contributed by atoms with Crippen LogP contribution in [0.4, 0.5) is 0 Å². The summed E-state index contributed by atoms with van der Waals surface area (Å²) in [4.78, 5) is 19.3. The van der Waals surface area contributed by atoms with Crippen LogP contribution in [-0.2, 0) is 11.3 Å². The van der Waals surface area contributed by atoms with Crippen LogP contribution in [0.2, 0.25) is 0 Å². The number of methoxy groups -OCH3 is 1. The summed E-state index contributed by atoms with van der Waals surface area (Å²) in [6.45, 7) is 4.05. The van der Waals surface area contributed by atoms with Gasteiger partial charge in [0.05, 0.1) is 25.4 Å². The summed E-state index contributed by atoms with van der Waals surface area (Å²) in [5, 5.41) is 9.75. The highest BCUT2D eigenvalue weighted by molar-refractivity contribution is 5.82. The summed E-state index contributed by atoms with van der Waals surface area (Å²) in [7, 11) is 1.64. The van der Waals surface area contributed by atoms with Gasteiger partial charge < -0.3 is 14.2 Å². The van der Waals surface area contributed by atoms with Crippen molar-refractivity contribution in [1.82, 2.24) is 24.8 Å². The van der Waals surface area contributed by atoms with E-state index in [-0.39, 0.29) is 11.8 Å². The highest BCUT2D eigenvalue weighted by Gasteiger charge is 2.27. The van der Waals surface area contributed by atoms with Crippen molar-refractivity contribution >= 4 is 16.8 Å². The number of nitrogens with zero attached hydrogens (tertiary/aromatic N) is 5. The molecule has 8 nitrogen and oxygen atoms in total. The first-order chi connectivity index (χ1) is 16.1. The van der Waals surface area contributed by atoms with Crippen molar-refractivity contribution in [3.05, 3.63) is 60.1 Å².